The van der Waals surface area contributed by atoms with Crippen LogP contribution >= 0.6 is 0 Å². The second-order valence-corrected chi connectivity index (χ2v) is 4.63. The predicted molar refractivity (Wildman–Crippen MR) is 65.8 cm³/mol. The van der Waals surface area contributed by atoms with Gasteiger partial charge < -0.3 is 14.6 Å². The summed E-state index contributed by atoms with van der Waals surface area (Å²) in [6.07, 6.45) is 1.74. The first-order chi connectivity index (χ1) is 8.56. The number of ketones is 1. The normalized spacial score (nSPS) is 17.7. The fourth-order valence-corrected chi connectivity index (χ4v) is 2.09. The van der Waals surface area contributed by atoms with Gasteiger partial charge in [0.2, 0.25) is 0 Å². The zero-order chi connectivity index (χ0) is 13.1. The van der Waals surface area contributed by atoms with E-state index in [9.17, 15) is 9.59 Å². The van der Waals surface area contributed by atoms with Crippen molar-refractivity contribution in [2.75, 3.05) is 0 Å². The lowest BCUT2D eigenvalue weighted by molar-refractivity contribution is -0.145. The van der Waals surface area contributed by atoms with Crippen LogP contribution in [0.25, 0.3) is 0 Å². The summed E-state index contributed by atoms with van der Waals surface area (Å²) in [5.41, 5.74) is 2.13. The second-order valence-electron chi connectivity index (χ2n) is 4.63. The number of carbonyl (C=O) groups excluding carboxylic acids is 1. The minimum absolute atomic E-state index is 0.176. The minimum atomic E-state index is -0.915. The molecule has 1 aromatic rings. The van der Waals surface area contributed by atoms with Crippen LogP contribution in [0.4, 0.5) is 0 Å². The highest BCUT2D eigenvalue weighted by Crippen LogP contribution is 2.28. The van der Waals surface area contributed by atoms with Gasteiger partial charge in [-0.2, -0.15) is 0 Å². The van der Waals surface area contributed by atoms with E-state index in [1.54, 1.807) is 13.0 Å². The number of ether oxygens (including phenoxy) is 1. The number of rotatable bonds is 4. The van der Waals surface area contributed by atoms with Gasteiger partial charge in [0.25, 0.3) is 0 Å². The van der Waals surface area contributed by atoms with Gasteiger partial charge in [0.05, 0.1) is 0 Å². The van der Waals surface area contributed by atoms with E-state index in [-0.39, 0.29) is 5.78 Å². The van der Waals surface area contributed by atoms with E-state index in [0.29, 0.717) is 25.0 Å². The summed E-state index contributed by atoms with van der Waals surface area (Å²) in [7, 11) is 0. The molecule has 1 atom stereocenters. The standard InChI is InChI=1S/C14H16O4/c1-9(15)2-3-10-4-6-12-11(8-10)5-7-13(18-12)14(16)17/h4,6,8,13H,2-3,5,7H2,1H3,(H,16,17). The molecule has 0 radical (unpaired) electrons. The fourth-order valence-electron chi connectivity index (χ4n) is 2.09. The van der Waals surface area contributed by atoms with E-state index in [1.807, 2.05) is 12.1 Å². The number of aryl methyl sites for hydroxylation is 2. The molecule has 96 valence electrons. The van der Waals surface area contributed by atoms with E-state index in [4.69, 9.17) is 9.84 Å². The quantitative estimate of drug-likeness (QED) is 0.885. The summed E-state index contributed by atoms with van der Waals surface area (Å²) in [5, 5.41) is 8.90. The molecule has 1 aliphatic heterocycles. The molecule has 0 aromatic heterocycles. The van der Waals surface area contributed by atoms with Crippen LogP contribution < -0.4 is 4.74 Å². The molecule has 0 bridgehead atoms. The van der Waals surface area contributed by atoms with Gasteiger partial charge in [-0.15, -0.1) is 0 Å². The van der Waals surface area contributed by atoms with Gasteiger partial charge >= 0.3 is 5.97 Å². The Morgan fingerprint density at radius 2 is 2.22 bits per heavy atom. The summed E-state index contributed by atoms with van der Waals surface area (Å²) >= 11 is 0. The molecule has 0 saturated heterocycles. The molecule has 4 nitrogen and oxygen atoms in total. The number of benzene rings is 1. The number of carbonyl (C=O) groups is 2. The number of hydrogen-bond donors (Lipinski definition) is 1. The molecule has 18 heavy (non-hydrogen) atoms. The molecule has 0 amide bonds. The SMILES string of the molecule is CC(=O)CCc1ccc2c(c1)CCC(C(=O)O)O2. The molecule has 0 fully saturated rings. The molecule has 1 unspecified atom stereocenters. The third-order valence-electron chi connectivity index (χ3n) is 3.11. The van der Waals surface area contributed by atoms with Crippen LogP contribution in [0.1, 0.15) is 30.9 Å². The summed E-state index contributed by atoms with van der Waals surface area (Å²) in [6.45, 7) is 1.58. The van der Waals surface area contributed by atoms with Crippen molar-refractivity contribution in [1.82, 2.24) is 0 Å². The highest BCUT2D eigenvalue weighted by Gasteiger charge is 2.25. The molecule has 2 rings (SSSR count). The maximum atomic E-state index is 10.9. The third kappa shape index (κ3) is 2.88. The van der Waals surface area contributed by atoms with E-state index >= 15 is 0 Å². The monoisotopic (exact) mass is 248 g/mol. The van der Waals surface area contributed by atoms with Crippen LogP contribution in [0.5, 0.6) is 5.75 Å². The first-order valence-corrected chi connectivity index (χ1v) is 6.07. The molecule has 4 heteroatoms. The van der Waals surface area contributed by atoms with Crippen molar-refractivity contribution in [1.29, 1.82) is 0 Å². The number of aliphatic carboxylic acids is 1. The average molecular weight is 248 g/mol. The number of hydrogen-bond acceptors (Lipinski definition) is 3. The Hall–Kier alpha value is -1.84. The average Bonchev–Trinajstić information content (AvgIpc) is 2.35. The van der Waals surface area contributed by atoms with Gasteiger partial charge in [-0.1, -0.05) is 12.1 Å². The van der Waals surface area contributed by atoms with Gasteiger partial charge in [-0.25, -0.2) is 4.79 Å². The highest BCUT2D eigenvalue weighted by atomic mass is 16.5. The lowest BCUT2D eigenvalue weighted by Crippen LogP contribution is -2.30. The summed E-state index contributed by atoms with van der Waals surface area (Å²) < 4.78 is 5.41. The topological polar surface area (TPSA) is 63.6 Å². The maximum absolute atomic E-state index is 10.9. The van der Waals surface area contributed by atoms with E-state index < -0.39 is 12.1 Å². The Morgan fingerprint density at radius 1 is 1.44 bits per heavy atom. The van der Waals surface area contributed by atoms with Gasteiger partial charge in [-0.05, 0) is 43.4 Å². The number of carboxylic acid groups (broad SMARTS) is 1. The van der Waals surface area contributed by atoms with E-state index in [2.05, 4.69) is 0 Å². The van der Waals surface area contributed by atoms with Crippen LogP contribution in [0, 0.1) is 0 Å². The second kappa shape index (κ2) is 5.21. The van der Waals surface area contributed by atoms with Crippen LogP contribution in [-0.4, -0.2) is 23.0 Å². The van der Waals surface area contributed by atoms with Gasteiger partial charge in [0.1, 0.15) is 11.5 Å². The zero-order valence-electron chi connectivity index (χ0n) is 10.3. The van der Waals surface area contributed by atoms with Crippen molar-refractivity contribution in [3.8, 4) is 5.75 Å². The van der Waals surface area contributed by atoms with Crippen molar-refractivity contribution >= 4 is 11.8 Å². The Balaban J connectivity index is 2.10. The Labute approximate surface area is 106 Å². The smallest absolute Gasteiger partial charge is 0.344 e. The zero-order valence-corrected chi connectivity index (χ0v) is 10.3. The largest absolute Gasteiger partial charge is 0.479 e. The molecule has 0 spiro atoms. The van der Waals surface area contributed by atoms with E-state index in [1.165, 1.54) is 0 Å². The minimum Gasteiger partial charge on any atom is -0.479 e. The molecule has 1 aromatic carbocycles. The fraction of sp³-hybridized carbons (Fsp3) is 0.429. The van der Waals surface area contributed by atoms with Crippen molar-refractivity contribution in [3.05, 3.63) is 29.3 Å². The molecule has 0 saturated carbocycles. The Morgan fingerprint density at radius 3 is 2.89 bits per heavy atom. The summed E-state index contributed by atoms with van der Waals surface area (Å²) in [4.78, 5) is 21.8. The molecule has 0 aliphatic carbocycles. The van der Waals surface area contributed by atoms with Crippen molar-refractivity contribution in [2.45, 2.75) is 38.7 Å². The molecule has 1 aliphatic rings. The number of carboxylic acids is 1. The Bertz CT molecular complexity index is 479. The van der Waals surface area contributed by atoms with Crippen LogP contribution in [0.15, 0.2) is 18.2 Å². The van der Waals surface area contributed by atoms with Crippen LogP contribution in [0.3, 0.4) is 0 Å². The summed E-state index contributed by atoms with van der Waals surface area (Å²) in [6, 6.07) is 5.71. The van der Waals surface area contributed by atoms with Crippen LogP contribution in [-0.2, 0) is 22.4 Å². The van der Waals surface area contributed by atoms with Crippen LogP contribution in [0.2, 0.25) is 0 Å². The highest BCUT2D eigenvalue weighted by molar-refractivity contribution is 5.75. The van der Waals surface area contributed by atoms with Gasteiger partial charge in [-0.3, -0.25) is 0 Å². The van der Waals surface area contributed by atoms with Crippen molar-refractivity contribution in [3.63, 3.8) is 0 Å². The first-order valence-electron chi connectivity index (χ1n) is 6.07. The van der Waals surface area contributed by atoms with E-state index in [0.717, 1.165) is 17.5 Å². The lowest BCUT2D eigenvalue weighted by Gasteiger charge is -2.23. The first kappa shape index (κ1) is 12.6. The molecule has 1 N–H and O–H groups in total. The maximum Gasteiger partial charge on any atom is 0.344 e. The third-order valence-corrected chi connectivity index (χ3v) is 3.11. The van der Waals surface area contributed by atoms with Gasteiger partial charge in [0.15, 0.2) is 6.10 Å². The van der Waals surface area contributed by atoms with Gasteiger partial charge in [0, 0.05) is 6.42 Å². The Kier molecular flexibility index (Phi) is 3.65. The van der Waals surface area contributed by atoms with Crippen molar-refractivity contribution < 1.29 is 19.4 Å². The lowest BCUT2D eigenvalue weighted by atomic mass is 9.98. The number of Topliss-reactive ketones (excluding diaryl/α,β-unsaturated/α-hetero) is 1. The number of fused-ring (bicyclic) bond motifs is 1. The van der Waals surface area contributed by atoms with Crippen molar-refractivity contribution in [2.24, 2.45) is 0 Å². The predicted octanol–water partition coefficient (Wildman–Crippen LogP) is 1.99. The molecular formula is C14H16O4. The molecular weight excluding hydrogens is 232 g/mol. The summed E-state index contributed by atoms with van der Waals surface area (Å²) in [5.74, 6) is -0.0866. The molecule has 1 heterocycles.